The average Bonchev–Trinajstić information content (AvgIpc) is 3.87. The van der Waals surface area contributed by atoms with Gasteiger partial charge in [-0.1, -0.05) is 146 Å². The molecule has 288 valence electrons. The van der Waals surface area contributed by atoms with E-state index in [9.17, 15) is 0 Å². The lowest BCUT2D eigenvalue weighted by Gasteiger charge is -2.34. The summed E-state index contributed by atoms with van der Waals surface area (Å²) in [7, 11) is -0.651. The second-order valence-corrected chi connectivity index (χ2v) is 19.1. The Morgan fingerprint density at radius 3 is 1.61 bits per heavy atom. The lowest BCUT2D eigenvalue weighted by molar-refractivity contribution is 0.465. The zero-order valence-electron chi connectivity index (χ0n) is 33.6. The molecule has 61 heavy (non-hydrogen) atoms. The van der Waals surface area contributed by atoms with Crippen LogP contribution in [0.2, 0.25) is 0 Å². The van der Waals surface area contributed by atoms with Gasteiger partial charge in [-0.25, -0.2) is 9.51 Å². The van der Waals surface area contributed by atoms with Crippen molar-refractivity contribution in [1.29, 1.82) is 0 Å². The van der Waals surface area contributed by atoms with Crippen molar-refractivity contribution in [2.45, 2.75) is 5.41 Å². The number of pyridine rings is 1. The number of hydrogen-bond donors (Lipinski definition) is 0. The highest BCUT2D eigenvalue weighted by atomic mass is 31.2. The van der Waals surface area contributed by atoms with Crippen molar-refractivity contribution in [2.24, 2.45) is 0 Å². The van der Waals surface area contributed by atoms with E-state index in [1.54, 1.807) is 0 Å². The molecule has 0 fully saturated rings. The van der Waals surface area contributed by atoms with Crippen LogP contribution in [0, 0.1) is 0 Å². The molecule has 12 rings (SSSR count). The molecule has 0 amide bonds. The topological polar surface area (TPSA) is 26.5 Å². The third-order valence-corrected chi connectivity index (χ3v) is 16.6. The van der Waals surface area contributed by atoms with Crippen LogP contribution in [0.5, 0.6) is 0 Å². The zero-order valence-corrected chi connectivity index (χ0v) is 34.5. The van der Waals surface area contributed by atoms with Crippen LogP contribution in [0.15, 0.2) is 224 Å². The van der Waals surface area contributed by atoms with Crippen LogP contribution < -0.4 is 15.9 Å². The Hall–Kier alpha value is -7.16. The van der Waals surface area contributed by atoms with Crippen LogP contribution in [0.1, 0.15) is 22.3 Å². The van der Waals surface area contributed by atoms with Gasteiger partial charge in [0.2, 0.25) is 7.49 Å². The SMILES string of the molecule is CO[P+](c1ccccc1)(c1ccccc1)c1ccc2c(c1)C(c1ccccc1)(c1ccccc1)c1cc(-c3ccc4c(c3)c3ccccc3n3c5ccccc5nc43)ccc1-2. The van der Waals surface area contributed by atoms with Crippen molar-refractivity contribution in [2.75, 3.05) is 7.11 Å². The van der Waals surface area contributed by atoms with E-state index < -0.39 is 12.9 Å². The first-order chi connectivity index (χ1) is 30.2. The first-order valence-corrected chi connectivity index (χ1v) is 22.6. The molecule has 0 saturated heterocycles. The number of rotatable bonds is 7. The molecule has 1 aliphatic rings. The fourth-order valence-electron chi connectivity index (χ4n) is 10.4. The van der Waals surface area contributed by atoms with Crippen molar-refractivity contribution < 1.29 is 4.52 Å². The second-order valence-electron chi connectivity index (χ2n) is 16.0. The Morgan fingerprint density at radius 2 is 0.951 bits per heavy atom. The standard InChI is InChI=1S/C57H40N2OP/c1-60-61(43-22-10-4-11-23-43,44-24-12-5-13-25-44)45-32-35-47-46-33-30-40(37-51(46)57(52(47)38-45,41-18-6-2-7-19-41)42-20-8-3-9-21-42)39-31-34-49-50(36-39)48-26-14-16-28-54(48)59-55-29-17-15-27-53(55)58-56(49)59/h2-38H,1H3/q+1. The molecule has 1 aliphatic carbocycles. The summed E-state index contributed by atoms with van der Waals surface area (Å²) in [4.78, 5) is 5.18. The summed E-state index contributed by atoms with van der Waals surface area (Å²) in [6.45, 7) is 0. The van der Waals surface area contributed by atoms with E-state index in [2.05, 4.69) is 229 Å². The summed E-state index contributed by atoms with van der Waals surface area (Å²) in [5, 5.41) is 7.12. The number of para-hydroxylation sites is 3. The predicted octanol–water partition coefficient (Wildman–Crippen LogP) is 12.7. The maximum Gasteiger partial charge on any atom is 0.241 e. The maximum absolute atomic E-state index is 6.90. The van der Waals surface area contributed by atoms with E-state index in [0.717, 1.165) is 27.6 Å². The Bertz CT molecular complexity index is 3380. The molecule has 4 heteroatoms. The Morgan fingerprint density at radius 1 is 0.426 bits per heavy atom. The average molecular weight is 800 g/mol. The normalized spacial score (nSPS) is 13.2. The van der Waals surface area contributed by atoms with E-state index in [0.29, 0.717) is 0 Å². The van der Waals surface area contributed by atoms with Crippen molar-refractivity contribution >= 4 is 61.8 Å². The van der Waals surface area contributed by atoms with Crippen molar-refractivity contribution in [3.05, 3.63) is 247 Å². The summed E-state index contributed by atoms with van der Waals surface area (Å²) in [5.74, 6) is 0. The van der Waals surface area contributed by atoms with Crippen molar-refractivity contribution in [3.8, 4) is 22.3 Å². The molecule has 0 radical (unpaired) electrons. The van der Waals surface area contributed by atoms with E-state index in [4.69, 9.17) is 9.51 Å². The van der Waals surface area contributed by atoms with Crippen LogP contribution in [0.25, 0.3) is 60.6 Å². The summed E-state index contributed by atoms with van der Waals surface area (Å²) in [6, 6.07) is 82.2. The first kappa shape index (κ1) is 35.8. The second kappa shape index (κ2) is 14.0. The third-order valence-electron chi connectivity index (χ3n) is 13.0. The molecule has 2 aromatic heterocycles. The van der Waals surface area contributed by atoms with Crippen LogP contribution in [0.4, 0.5) is 0 Å². The molecule has 0 spiro atoms. The minimum Gasteiger partial charge on any atom is -0.292 e. The van der Waals surface area contributed by atoms with Gasteiger partial charge in [0.15, 0.2) is 0 Å². The molecular weight excluding hydrogens is 760 g/mol. The predicted molar refractivity (Wildman–Crippen MR) is 256 cm³/mol. The summed E-state index contributed by atoms with van der Waals surface area (Å²) in [6.07, 6.45) is 0. The van der Waals surface area contributed by atoms with Gasteiger partial charge in [-0.2, -0.15) is 0 Å². The van der Waals surface area contributed by atoms with Gasteiger partial charge in [-0.15, -0.1) is 0 Å². The molecule has 0 saturated carbocycles. The van der Waals surface area contributed by atoms with Gasteiger partial charge < -0.3 is 0 Å². The highest BCUT2D eigenvalue weighted by molar-refractivity contribution is 7.91. The number of benzene rings is 9. The number of fused-ring (bicyclic) bond motifs is 11. The fraction of sp³-hybridized carbons (Fsp3) is 0.0351. The van der Waals surface area contributed by atoms with Crippen LogP contribution >= 0.6 is 7.49 Å². The van der Waals surface area contributed by atoms with E-state index in [-0.39, 0.29) is 0 Å². The van der Waals surface area contributed by atoms with E-state index in [1.165, 1.54) is 71.2 Å². The Balaban J connectivity index is 1.12. The van der Waals surface area contributed by atoms with E-state index in [1.807, 2.05) is 7.11 Å². The first-order valence-electron chi connectivity index (χ1n) is 20.9. The Labute approximate surface area is 355 Å². The van der Waals surface area contributed by atoms with Gasteiger partial charge in [0.05, 0.1) is 29.1 Å². The van der Waals surface area contributed by atoms with Gasteiger partial charge in [0, 0.05) is 10.8 Å². The Kier molecular flexibility index (Phi) is 8.19. The molecule has 9 aromatic carbocycles. The molecule has 0 atom stereocenters. The minimum atomic E-state index is -2.54. The molecule has 0 bridgehead atoms. The van der Waals surface area contributed by atoms with Crippen molar-refractivity contribution in [3.63, 3.8) is 0 Å². The molecular formula is C57H40N2OP+. The molecule has 2 heterocycles. The fourth-order valence-corrected chi connectivity index (χ4v) is 13.7. The minimum absolute atomic E-state index is 0.609. The molecule has 0 N–H and O–H groups in total. The monoisotopic (exact) mass is 799 g/mol. The largest absolute Gasteiger partial charge is 0.292 e. The smallest absolute Gasteiger partial charge is 0.241 e. The highest BCUT2D eigenvalue weighted by Crippen LogP contribution is 2.60. The van der Waals surface area contributed by atoms with Gasteiger partial charge in [0.25, 0.3) is 0 Å². The van der Waals surface area contributed by atoms with Gasteiger partial charge in [-0.3, -0.25) is 4.40 Å². The highest BCUT2D eigenvalue weighted by Gasteiger charge is 2.51. The quantitative estimate of drug-likeness (QED) is 0.119. The molecule has 3 nitrogen and oxygen atoms in total. The number of imidazole rings is 1. The summed E-state index contributed by atoms with van der Waals surface area (Å²) >= 11 is 0. The zero-order chi connectivity index (χ0) is 40.5. The number of nitrogens with zero attached hydrogens (tertiary/aromatic N) is 2. The van der Waals surface area contributed by atoms with E-state index >= 15 is 0 Å². The molecule has 0 aliphatic heterocycles. The lowest BCUT2D eigenvalue weighted by Crippen LogP contribution is -2.34. The van der Waals surface area contributed by atoms with Crippen LogP contribution in [0.3, 0.4) is 0 Å². The maximum atomic E-state index is 6.90. The van der Waals surface area contributed by atoms with Crippen LogP contribution in [-0.2, 0) is 9.94 Å². The van der Waals surface area contributed by atoms with Gasteiger partial charge in [0.1, 0.15) is 21.6 Å². The summed E-state index contributed by atoms with van der Waals surface area (Å²) in [5.41, 5.74) is 13.5. The summed E-state index contributed by atoms with van der Waals surface area (Å²) < 4.78 is 9.22. The third kappa shape index (κ3) is 5.15. The number of hydrogen-bond acceptors (Lipinski definition) is 2. The van der Waals surface area contributed by atoms with Gasteiger partial charge in [-0.05, 0) is 129 Å². The number of aromatic nitrogens is 2. The van der Waals surface area contributed by atoms with Crippen molar-refractivity contribution in [1.82, 2.24) is 9.38 Å². The lowest BCUT2D eigenvalue weighted by atomic mass is 9.67. The van der Waals surface area contributed by atoms with Gasteiger partial charge >= 0.3 is 0 Å². The van der Waals surface area contributed by atoms with Crippen LogP contribution in [-0.4, -0.2) is 16.5 Å². The molecule has 11 aromatic rings. The molecule has 0 unspecified atom stereocenters.